The molecule has 0 unspecified atom stereocenters. The molecule has 0 spiro atoms. The van der Waals surface area contributed by atoms with E-state index in [0.29, 0.717) is 19.1 Å². The van der Waals surface area contributed by atoms with Gasteiger partial charge in [-0.1, -0.05) is 32.9 Å². The average molecular weight is 406 g/mol. The van der Waals surface area contributed by atoms with Gasteiger partial charge in [-0.3, -0.25) is 14.7 Å². The van der Waals surface area contributed by atoms with Crippen molar-refractivity contribution in [2.45, 2.75) is 53.1 Å². The van der Waals surface area contributed by atoms with Gasteiger partial charge in [0.1, 0.15) is 5.82 Å². The molecule has 1 aliphatic rings. The summed E-state index contributed by atoms with van der Waals surface area (Å²) in [5, 5.41) is 9.72. The minimum atomic E-state index is -0.381. The van der Waals surface area contributed by atoms with Gasteiger partial charge in [0.25, 0.3) is 0 Å². The SMILES string of the molecule is CCNC(=NCCNC(=O)C(C)(C)C)NC1CCN(Cc2ccc(F)cc2)CC1. The highest BCUT2D eigenvalue weighted by atomic mass is 19.1. The van der Waals surface area contributed by atoms with Gasteiger partial charge < -0.3 is 16.0 Å². The second-order valence-corrected chi connectivity index (χ2v) is 8.59. The van der Waals surface area contributed by atoms with Gasteiger partial charge in [-0.25, -0.2) is 4.39 Å². The fourth-order valence-corrected chi connectivity index (χ4v) is 3.20. The number of nitrogens with zero attached hydrogens (tertiary/aromatic N) is 2. The fourth-order valence-electron chi connectivity index (χ4n) is 3.20. The van der Waals surface area contributed by atoms with Gasteiger partial charge in [-0.05, 0) is 37.5 Å². The van der Waals surface area contributed by atoms with Gasteiger partial charge >= 0.3 is 0 Å². The van der Waals surface area contributed by atoms with Crippen LogP contribution in [0.3, 0.4) is 0 Å². The Morgan fingerprint density at radius 2 is 1.83 bits per heavy atom. The smallest absolute Gasteiger partial charge is 0.225 e. The molecule has 2 rings (SSSR count). The minimum Gasteiger partial charge on any atom is -0.357 e. The molecule has 0 saturated carbocycles. The van der Waals surface area contributed by atoms with Gasteiger partial charge in [0.2, 0.25) is 5.91 Å². The first kappa shape index (κ1) is 23.1. The average Bonchev–Trinajstić information content (AvgIpc) is 2.67. The first-order valence-electron chi connectivity index (χ1n) is 10.6. The van der Waals surface area contributed by atoms with Gasteiger partial charge in [-0.15, -0.1) is 0 Å². The first-order chi connectivity index (χ1) is 13.8. The topological polar surface area (TPSA) is 68.8 Å². The third kappa shape index (κ3) is 8.40. The van der Waals surface area contributed by atoms with Crippen molar-refractivity contribution in [3.8, 4) is 0 Å². The predicted molar refractivity (Wildman–Crippen MR) is 116 cm³/mol. The maximum Gasteiger partial charge on any atom is 0.225 e. The van der Waals surface area contributed by atoms with Crippen LogP contribution >= 0.6 is 0 Å². The third-order valence-corrected chi connectivity index (χ3v) is 4.94. The molecule has 1 aromatic rings. The maximum atomic E-state index is 13.0. The van der Waals surface area contributed by atoms with Crippen molar-refractivity contribution in [1.29, 1.82) is 0 Å². The summed E-state index contributed by atoms with van der Waals surface area (Å²) in [4.78, 5) is 18.9. The fraction of sp³-hybridized carbons (Fsp3) is 0.636. The van der Waals surface area contributed by atoms with Crippen LogP contribution in [-0.4, -0.2) is 55.5 Å². The van der Waals surface area contributed by atoms with E-state index in [1.54, 1.807) is 0 Å². The summed E-state index contributed by atoms with van der Waals surface area (Å²) in [6.45, 7) is 12.5. The Morgan fingerprint density at radius 3 is 2.41 bits per heavy atom. The molecule has 29 heavy (non-hydrogen) atoms. The van der Waals surface area contributed by atoms with Crippen LogP contribution in [0.2, 0.25) is 0 Å². The molecule has 1 saturated heterocycles. The van der Waals surface area contributed by atoms with E-state index in [2.05, 4.69) is 25.8 Å². The number of hydrogen-bond acceptors (Lipinski definition) is 3. The summed E-state index contributed by atoms with van der Waals surface area (Å²) in [7, 11) is 0. The van der Waals surface area contributed by atoms with Crippen molar-refractivity contribution in [2.75, 3.05) is 32.7 Å². The van der Waals surface area contributed by atoms with E-state index < -0.39 is 0 Å². The number of piperidine rings is 1. The zero-order chi connectivity index (χ0) is 21.3. The van der Waals surface area contributed by atoms with Crippen molar-refractivity contribution >= 4 is 11.9 Å². The molecule has 1 fully saturated rings. The number of carbonyl (C=O) groups is 1. The summed E-state index contributed by atoms with van der Waals surface area (Å²) in [6.07, 6.45) is 2.07. The lowest BCUT2D eigenvalue weighted by Crippen LogP contribution is -2.48. The number of guanidine groups is 1. The molecular weight excluding hydrogens is 369 g/mol. The normalized spacial score (nSPS) is 16.5. The van der Waals surface area contributed by atoms with E-state index in [0.717, 1.165) is 50.5 Å². The van der Waals surface area contributed by atoms with Crippen LogP contribution in [-0.2, 0) is 11.3 Å². The van der Waals surface area contributed by atoms with Crippen LogP contribution in [0.5, 0.6) is 0 Å². The lowest BCUT2D eigenvalue weighted by Gasteiger charge is -2.33. The molecule has 0 aliphatic carbocycles. The highest BCUT2D eigenvalue weighted by Crippen LogP contribution is 2.14. The maximum absolute atomic E-state index is 13.0. The molecule has 6 nitrogen and oxygen atoms in total. The number of nitrogens with one attached hydrogen (secondary N) is 3. The van der Waals surface area contributed by atoms with E-state index in [4.69, 9.17) is 0 Å². The number of halogens is 1. The molecule has 0 aromatic heterocycles. The van der Waals surface area contributed by atoms with E-state index in [9.17, 15) is 9.18 Å². The van der Waals surface area contributed by atoms with Crippen molar-refractivity contribution in [2.24, 2.45) is 10.4 Å². The van der Waals surface area contributed by atoms with E-state index in [1.165, 1.54) is 12.1 Å². The van der Waals surface area contributed by atoms with E-state index >= 15 is 0 Å². The molecule has 1 amide bonds. The summed E-state index contributed by atoms with van der Waals surface area (Å²) in [6, 6.07) is 7.13. The van der Waals surface area contributed by atoms with E-state index in [1.807, 2.05) is 39.8 Å². The Balaban J connectivity index is 1.75. The van der Waals surface area contributed by atoms with Crippen LogP contribution < -0.4 is 16.0 Å². The monoisotopic (exact) mass is 405 g/mol. The molecule has 162 valence electrons. The van der Waals surface area contributed by atoms with Gasteiger partial charge in [-0.2, -0.15) is 0 Å². The van der Waals surface area contributed by atoms with Crippen LogP contribution in [0.4, 0.5) is 4.39 Å². The van der Waals surface area contributed by atoms with Crippen LogP contribution in [0, 0.1) is 11.2 Å². The van der Waals surface area contributed by atoms with E-state index in [-0.39, 0.29) is 17.1 Å². The van der Waals surface area contributed by atoms with Crippen molar-refractivity contribution in [3.05, 3.63) is 35.6 Å². The van der Waals surface area contributed by atoms with Crippen LogP contribution in [0.1, 0.15) is 46.1 Å². The Morgan fingerprint density at radius 1 is 1.17 bits per heavy atom. The number of rotatable bonds is 7. The Bertz CT molecular complexity index is 661. The number of carbonyl (C=O) groups excluding carboxylic acids is 1. The standard InChI is InChI=1S/C22H36FN5O/c1-5-24-21(26-13-12-25-20(29)22(2,3)4)27-19-10-14-28(15-11-19)16-17-6-8-18(23)9-7-17/h6-9,19H,5,10-16H2,1-4H3,(H,25,29)(H2,24,26,27). The number of likely N-dealkylation sites (tertiary alicyclic amines) is 1. The summed E-state index contributed by atoms with van der Waals surface area (Å²) >= 11 is 0. The molecule has 1 aliphatic heterocycles. The van der Waals surface area contributed by atoms with Crippen molar-refractivity contribution in [3.63, 3.8) is 0 Å². The van der Waals surface area contributed by atoms with Crippen LogP contribution in [0.25, 0.3) is 0 Å². The number of benzene rings is 1. The van der Waals surface area contributed by atoms with Crippen LogP contribution in [0.15, 0.2) is 29.3 Å². The highest BCUT2D eigenvalue weighted by molar-refractivity contribution is 5.81. The molecule has 0 bridgehead atoms. The summed E-state index contributed by atoms with van der Waals surface area (Å²) < 4.78 is 13.0. The largest absolute Gasteiger partial charge is 0.357 e. The quantitative estimate of drug-likeness (QED) is 0.370. The minimum absolute atomic E-state index is 0.0409. The molecule has 0 radical (unpaired) electrons. The second-order valence-electron chi connectivity index (χ2n) is 8.59. The summed E-state index contributed by atoms with van der Waals surface area (Å²) in [5.41, 5.74) is 0.763. The predicted octanol–water partition coefficient (Wildman–Crippen LogP) is 2.51. The lowest BCUT2D eigenvalue weighted by atomic mass is 9.96. The van der Waals surface area contributed by atoms with Gasteiger partial charge in [0, 0.05) is 44.2 Å². The van der Waals surface area contributed by atoms with Gasteiger partial charge in [0.05, 0.1) is 6.54 Å². The second kappa shape index (κ2) is 11.1. The zero-order valence-corrected chi connectivity index (χ0v) is 18.2. The molecule has 1 heterocycles. The van der Waals surface area contributed by atoms with Crippen molar-refractivity contribution < 1.29 is 9.18 Å². The first-order valence-corrected chi connectivity index (χ1v) is 10.6. The molecular formula is C22H36FN5O. The van der Waals surface area contributed by atoms with Gasteiger partial charge in [0.15, 0.2) is 5.96 Å². The Kier molecular flexibility index (Phi) is 8.89. The lowest BCUT2D eigenvalue weighted by molar-refractivity contribution is -0.128. The molecule has 0 atom stereocenters. The molecule has 1 aromatic carbocycles. The zero-order valence-electron chi connectivity index (χ0n) is 18.2. The highest BCUT2D eigenvalue weighted by Gasteiger charge is 2.21. The number of aliphatic imine (C=N–C) groups is 1. The number of amides is 1. The number of hydrogen-bond donors (Lipinski definition) is 3. The third-order valence-electron chi connectivity index (χ3n) is 4.94. The van der Waals surface area contributed by atoms with Crippen molar-refractivity contribution in [1.82, 2.24) is 20.9 Å². The molecule has 7 heteroatoms. The Labute approximate surface area is 174 Å². The Hall–Kier alpha value is -2.15. The molecule has 3 N–H and O–H groups in total. The summed E-state index contributed by atoms with van der Waals surface area (Å²) in [5.74, 6) is 0.651.